The second kappa shape index (κ2) is 12.9. The molecule has 10 nitrogen and oxygen atoms in total. The van der Waals surface area contributed by atoms with Crippen LogP contribution in [0.2, 0.25) is 0 Å². The van der Waals surface area contributed by atoms with E-state index in [1.165, 1.54) is 32.2 Å². The number of hydrogen-bond donors (Lipinski definition) is 2. The Balaban J connectivity index is 1.92. The third-order valence-corrected chi connectivity index (χ3v) is 5.96. The van der Waals surface area contributed by atoms with E-state index in [1.54, 1.807) is 12.1 Å². The quantitative estimate of drug-likeness (QED) is 0.332. The van der Waals surface area contributed by atoms with Crippen LogP contribution in [-0.4, -0.2) is 66.0 Å². The van der Waals surface area contributed by atoms with Crippen LogP contribution < -0.4 is 9.47 Å². The summed E-state index contributed by atoms with van der Waals surface area (Å²) in [6, 6.07) is 13.2. The van der Waals surface area contributed by atoms with E-state index in [-0.39, 0.29) is 17.8 Å². The van der Waals surface area contributed by atoms with Crippen LogP contribution in [0.4, 0.5) is 0 Å². The number of rotatable bonds is 13. The molecule has 0 saturated heterocycles. The normalized spacial score (nSPS) is 12.6. The van der Waals surface area contributed by atoms with Gasteiger partial charge in [0, 0.05) is 11.8 Å². The summed E-state index contributed by atoms with van der Waals surface area (Å²) in [7, 11) is 4.28. The number of benzene rings is 2. The van der Waals surface area contributed by atoms with Gasteiger partial charge in [-0.15, -0.1) is 0 Å². The summed E-state index contributed by atoms with van der Waals surface area (Å²) in [6.07, 6.45) is -0.356. The van der Waals surface area contributed by atoms with Gasteiger partial charge in [0.15, 0.2) is 0 Å². The predicted molar refractivity (Wildman–Crippen MR) is 134 cm³/mol. The lowest BCUT2D eigenvalue weighted by Gasteiger charge is -2.25. The van der Waals surface area contributed by atoms with E-state index < -0.39 is 30.6 Å². The summed E-state index contributed by atoms with van der Waals surface area (Å²) in [5.74, 6) is -0.734. The summed E-state index contributed by atoms with van der Waals surface area (Å²) in [6.45, 7) is 2.20. The van der Waals surface area contributed by atoms with Gasteiger partial charge in [0.1, 0.15) is 29.3 Å². The van der Waals surface area contributed by atoms with E-state index in [1.807, 2.05) is 37.3 Å². The molecule has 37 heavy (non-hydrogen) atoms. The Bertz CT molecular complexity index is 1180. The molecule has 198 valence electrons. The highest BCUT2D eigenvalue weighted by Gasteiger charge is 2.27. The van der Waals surface area contributed by atoms with Gasteiger partial charge in [-0.1, -0.05) is 30.3 Å². The highest BCUT2D eigenvalue weighted by molar-refractivity contribution is 5.91. The lowest BCUT2D eigenvalue weighted by molar-refractivity contribution is -0.136. The fourth-order valence-corrected chi connectivity index (χ4v) is 4.00. The molecule has 0 aliphatic carbocycles. The summed E-state index contributed by atoms with van der Waals surface area (Å²) < 4.78 is 23.2. The summed E-state index contributed by atoms with van der Waals surface area (Å²) >= 11 is 0. The van der Waals surface area contributed by atoms with Gasteiger partial charge in [-0.2, -0.15) is 5.10 Å². The van der Waals surface area contributed by atoms with Crippen molar-refractivity contribution in [1.29, 1.82) is 0 Å². The molecule has 0 radical (unpaired) electrons. The zero-order valence-electron chi connectivity index (χ0n) is 21.3. The first kappa shape index (κ1) is 27.7. The van der Waals surface area contributed by atoms with Gasteiger partial charge in [-0.05, 0) is 36.6 Å². The number of aliphatic carboxylic acids is 1. The van der Waals surface area contributed by atoms with Gasteiger partial charge in [-0.25, -0.2) is 4.79 Å². The van der Waals surface area contributed by atoms with Crippen molar-refractivity contribution >= 4 is 11.9 Å². The molecule has 1 heterocycles. The first-order valence-electron chi connectivity index (χ1n) is 11.7. The number of aliphatic hydroxyl groups excluding tert-OH is 1. The van der Waals surface area contributed by atoms with Crippen molar-refractivity contribution in [2.75, 3.05) is 27.9 Å². The van der Waals surface area contributed by atoms with Crippen LogP contribution in [0, 0.1) is 6.92 Å². The number of aliphatic hydroxyl groups is 1. The Kier molecular flexibility index (Phi) is 9.64. The molecular formula is C27H32N2O8. The van der Waals surface area contributed by atoms with Crippen LogP contribution >= 0.6 is 0 Å². The van der Waals surface area contributed by atoms with Gasteiger partial charge in [0.25, 0.3) is 0 Å². The highest BCUT2D eigenvalue weighted by Crippen LogP contribution is 2.34. The van der Waals surface area contributed by atoms with Crippen molar-refractivity contribution in [3.63, 3.8) is 0 Å². The molecule has 2 atom stereocenters. The molecule has 2 aromatic carbocycles. The van der Waals surface area contributed by atoms with Crippen molar-refractivity contribution < 1.29 is 38.7 Å². The van der Waals surface area contributed by atoms with Gasteiger partial charge in [0.2, 0.25) is 0 Å². The highest BCUT2D eigenvalue weighted by atomic mass is 16.5. The number of aromatic nitrogens is 2. The third kappa shape index (κ3) is 7.08. The zero-order valence-corrected chi connectivity index (χ0v) is 21.3. The minimum absolute atomic E-state index is 0.0398. The second-order valence-corrected chi connectivity index (χ2v) is 8.41. The minimum Gasteiger partial charge on any atom is -0.496 e. The molecule has 0 bridgehead atoms. The molecule has 1 aromatic heterocycles. The number of esters is 1. The number of methoxy groups -OCH3 is 3. The van der Waals surface area contributed by atoms with E-state index in [4.69, 9.17) is 18.9 Å². The van der Waals surface area contributed by atoms with Crippen LogP contribution in [0.3, 0.4) is 0 Å². The topological polar surface area (TPSA) is 129 Å². The Morgan fingerprint density at radius 3 is 2.27 bits per heavy atom. The summed E-state index contributed by atoms with van der Waals surface area (Å²) in [5.41, 5.74) is 2.48. The summed E-state index contributed by atoms with van der Waals surface area (Å²) in [4.78, 5) is 23.5. The van der Waals surface area contributed by atoms with Crippen LogP contribution in [-0.2, 0) is 33.7 Å². The van der Waals surface area contributed by atoms with Gasteiger partial charge >= 0.3 is 11.9 Å². The largest absolute Gasteiger partial charge is 0.496 e. The molecule has 3 aromatic rings. The molecule has 0 fully saturated rings. The number of carbonyl (C=O) groups excluding carboxylic acids is 1. The van der Waals surface area contributed by atoms with Crippen molar-refractivity contribution in [2.45, 2.75) is 38.5 Å². The molecule has 0 aliphatic rings. The monoisotopic (exact) mass is 512 g/mol. The Hall–Kier alpha value is -3.89. The molecule has 0 aliphatic heterocycles. The SMILES string of the molecule is COC(=O)c1cn(C[C@H](OCCc2ccccc2)[C@H](O)c2cc(OC)c(C)c(OC)c2)nc1CC(=O)O. The van der Waals surface area contributed by atoms with E-state index >= 15 is 0 Å². The Morgan fingerprint density at radius 2 is 1.70 bits per heavy atom. The summed E-state index contributed by atoms with van der Waals surface area (Å²) in [5, 5.41) is 24.9. The molecule has 0 spiro atoms. The number of carbonyl (C=O) groups is 2. The molecule has 10 heteroatoms. The molecule has 3 rings (SSSR count). The van der Waals surface area contributed by atoms with Crippen LogP contribution in [0.5, 0.6) is 11.5 Å². The average Bonchev–Trinajstić information content (AvgIpc) is 3.29. The maximum atomic E-state index is 12.2. The first-order chi connectivity index (χ1) is 17.8. The lowest BCUT2D eigenvalue weighted by Crippen LogP contribution is -2.29. The molecule has 0 amide bonds. The van der Waals surface area contributed by atoms with Gasteiger partial charge < -0.3 is 29.2 Å². The van der Waals surface area contributed by atoms with Crippen LogP contribution in [0.15, 0.2) is 48.7 Å². The number of carboxylic acids is 1. The minimum atomic E-state index is -1.13. The standard InChI is InChI=1S/C27H32N2O8/c1-17-22(34-2)12-19(13-23(17)35-3)26(32)24(37-11-10-18-8-6-5-7-9-18)16-29-15-20(27(33)36-4)21(28-29)14-25(30)31/h5-9,12-13,15,24,26,32H,10-11,14,16H2,1-4H3,(H,30,31)/t24-,26+/m0/s1. The first-order valence-corrected chi connectivity index (χ1v) is 11.7. The van der Waals surface area contributed by atoms with Crippen LogP contribution in [0.1, 0.15) is 38.8 Å². The van der Waals surface area contributed by atoms with E-state index in [2.05, 4.69) is 5.10 Å². The average molecular weight is 513 g/mol. The Morgan fingerprint density at radius 1 is 1.05 bits per heavy atom. The maximum Gasteiger partial charge on any atom is 0.341 e. The predicted octanol–water partition coefficient (Wildman–Crippen LogP) is 2.98. The second-order valence-electron chi connectivity index (χ2n) is 8.41. The lowest BCUT2D eigenvalue weighted by atomic mass is 10.0. The fourth-order valence-electron chi connectivity index (χ4n) is 4.00. The number of nitrogens with zero attached hydrogens (tertiary/aromatic N) is 2. The molecule has 0 saturated carbocycles. The molecule has 0 unspecified atom stereocenters. The third-order valence-electron chi connectivity index (χ3n) is 5.96. The smallest absolute Gasteiger partial charge is 0.341 e. The number of hydrogen-bond acceptors (Lipinski definition) is 8. The van der Waals surface area contributed by atoms with Crippen molar-refractivity contribution in [2.24, 2.45) is 0 Å². The Labute approximate surface area is 215 Å². The fraction of sp³-hybridized carbons (Fsp3) is 0.370. The van der Waals surface area contributed by atoms with E-state index in [9.17, 15) is 19.8 Å². The van der Waals surface area contributed by atoms with Crippen molar-refractivity contribution in [1.82, 2.24) is 9.78 Å². The molecule has 2 N–H and O–H groups in total. The number of carboxylic acid groups (broad SMARTS) is 1. The van der Waals surface area contributed by atoms with E-state index in [0.29, 0.717) is 30.1 Å². The van der Waals surface area contributed by atoms with Crippen molar-refractivity contribution in [3.8, 4) is 11.5 Å². The zero-order chi connectivity index (χ0) is 26.9. The van der Waals surface area contributed by atoms with Crippen molar-refractivity contribution in [3.05, 3.63) is 76.6 Å². The van der Waals surface area contributed by atoms with Gasteiger partial charge in [0.05, 0.1) is 46.6 Å². The molecular weight excluding hydrogens is 480 g/mol. The number of ether oxygens (including phenoxy) is 4. The van der Waals surface area contributed by atoms with E-state index in [0.717, 1.165) is 11.1 Å². The van der Waals surface area contributed by atoms with Gasteiger partial charge in [-0.3, -0.25) is 9.48 Å². The van der Waals surface area contributed by atoms with Crippen LogP contribution in [0.25, 0.3) is 0 Å². The maximum absolute atomic E-state index is 12.2.